The average Bonchev–Trinajstić information content (AvgIpc) is 2.09. The lowest BCUT2D eigenvalue weighted by Crippen LogP contribution is -1.90. The van der Waals surface area contributed by atoms with E-state index in [4.69, 9.17) is 4.74 Å². The maximum Gasteiger partial charge on any atom is 0.133 e. The maximum absolute atomic E-state index is 5.21. The van der Waals surface area contributed by atoms with Gasteiger partial charge in [0.15, 0.2) is 0 Å². The van der Waals surface area contributed by atoms with Gasteiger partial charge < -0.3 is 4.74 Å². The Hall–Kier alpha value is 0.710. The molecule has 0 fully saturated rings. The lowest BCUT2D eigenvalue weighted by Gasteiger charge is -2.06. The number of hydrogen-bond acceptors (Lipinski definition) is 1. The smallest absolute Gasteiger partial charge is 0.133 e. The van der Waals surface area contributed by atoms with Gasteiger partial charge in [0.1, 0.15) is 5.75 Å². The van der Waals surface area contributed by atoms with Crippen molar-refractivity contribution in [3.05, 3.63) is 25.7 Å². The number of ether oxygens (including phenoxy) is 1. The van der Waals surface area contributed by atoms with Crippen molar-refractivity contribution in [3.63, 3.8) is 0 Å². The zero-order valence-electron chi connectivity index (χ0n) is 6.40. The van der Waals surface area contributed by atoms with Gasteiger partial charge in [-0.2, -0.15) is 0 Å². The second-order valence-electron chi connectivity index (χ2n) is 2.23. The van der Waals surface area contributed by atoms with Crippen molar-refractivity contribution in [2.75, 3.05) is 7.11 Å². The Morgan fingerprint density at radius 2 is 2.17 bits per heavy atom. The monoisotopic (exact) mass is 404 g/mol. The predicted octanol–water partition coefficient (Wildman–Crippen LogP) is 3.96. The molecular formula is C8H7Br2IO. The Labute approximate surface area is 102 Å². The van der Waals surface area contributed by atoms with Crippen molar-refractivity contribution in [3.8, 4) is 5.75 Å². The number of alkyl halides is 1. The molecule has 1 aromatic rings. The van der Waals surface area contributed by atoms with Gasteiger partial charge in [-0.15, -0.1) is 0 Å². The van der Waals surface area contributed by atoms with Crippen LogP contribution in [0.4, 0.5) is 0 Å². The minimum atomic E-state index is 0.846. The largest absolute Gasteiger partial charge is 0.496 e. The van der Waals surface area contributed by atoms with Gasteiger partial charge in [-0.25, -0.2) is 0 Å². The minimum absolute atomic E-state index is 0.846. The van der Waals surface area contributed by atoms with Gasteiger partial charge in [0.2, 0.25) is 0 Å². The first-order valence-electron chi connectivity index (χ1n) is 3.27. The summed E-state index contributed by atoms with van der Waals surface area (Å²) in [7, 11) is 1.68. The molecule has 1 rings (SSSR count). The number of methoxy groups -OCH3 is 1. The van der Waals surface area contributed by atoms with Crippen LogP contribution in [0.5, 0.6) is 5.75 Å². The van der Waals surface area contributed by atoms with Crippen molar-refractivity contribution in [2.45, 2.75) is 5.33 Å². The minimum Gasteiger partial charge on any atom is -0.496 e. The third-order valence-electron chi connectivity index (χ3n) is 1.43. The van der Waals surface area contributed by atoms with Crippen molar-refractivity contribution >= 4 is 54.5 Å². The molecule has 0 aromatic heterocycles. The molecule has 0 amide bonds. The van der Waals surface area contributed by atoms with Gasteiger partial charge >= 0.3 is 0 Å². The van der Waals surface area contributed by atoms with E-state index < -0.39 is 0 Å². The molecule has 0 aliphatic rings. The molecule has 4 heteroatoms. The lowest BCUT2D eigenvalue weighted by molar-refractivity contribution is 0.411. The molecule has 1 aromatic carbocycles. The summed E-state index contributed by atoms with van der Waals surface area (Å²) in [4.78, 5) is 0. The van der Waals surface area contributed by atoms with Crippen molar-refractivity contribution < 1.29 is 4.74 Å². The number of halogens is 3. The zero-order valence-corrected chi connectivity index (χ0v) is 11.7. The molecule has 66 valence electrons. The topological polar surface area (TPSA) is 9.23 Å². The summed E-state index contributed by atoms with van der Waals surface area (Å²) in [6.45, 7) is 0. The van der Waals surface area contributed by atoms with E-state index in [1.807, 2.05) is 6.07 Å². The maximum atomic E-state index is 5.21. The lowest BCUT2D eigenvalue weighted by atomic mass is 10.2. The summed E-state index contributed by atoms with van der Waals surface area (Å²) >= 11 is 9.12. The normalized spacial score (nSPS) is 10.0. The Balaban J connectivity index is 3.19. The molecule has 0 aliphatic carbocycles. The van der Waals surface area contributed by atoms with Crippen LogP contribution >= 0.6 is 54.5 Å². The molecule has 0 saturated heterocycles. The van der Waals surface area contributed by atoms with Crippen molar-refractivity contribution in [1.82, 2.24) is 0 Å². The van der Waals surface area contributed by atoms with Gasteiger partial charge in [-0.1, -0.05) is 15.9 Å². The fourth-order valence-electron chi connectivity index (χ4n) is 0.843. The van der Waals surface area contributed by atoms with Crippen LogP contribution in [-0.2, 0) is 5.33 Å². The number of rotatable bonds is 2. The highest BCUT2D eigenvalue weighted by atomic mass is 127. The number of benzene rings is 1. The van der Waals surface area contributed by atoms with Crippen LogP contribution in [0.2, 0.25) is 0 Å². The molecule has 12 heavy (non-hydrogen) atoms. The Kier molecular flexibility index (Phi) is 4.32. The van der Waals surface area contributed by atoms with Crippen LogP contribution in [0.3, 0.4) is 0 Å². The third kappa shape index (κ3) is 2.35. The summed E-state index contributed by atoms with van der Waals surface area (Å²) < 4.78 is 7.40. The molecule has 0 spiro atoms. The summed E-state index contributed by atoms with van der Waals surface area (Å²) in [5.74, 6) is 0.916. The van der Waals surface area contributed by atoms with Gasteiger partial charge in [0, 0.05) is 9.80 Å². The molecule has 1 nitrogen and oxygen atoms in total. The van der Waals surface area contributed by atoms with Gasteiger partial charge in [0.25, 0.3) is 0 Å². The first-order chi connectivity index (χ1) is 5.69. The molecule has 0 aliphatic heterocycles. The van der Waals surface area contributed by atoms with Gasteiger partial charge in [0.05, 0.1) is 10.7 Å². The Bertz CT molecular complexity index is 289. The summed E-state index contributed by atoms with van der Waals surface area (Å²) in [5.41, 5.74) is 1.21. The zero-order chi connectivity index (χ0) is 9.14. The fourth-order valence-corrected chi connectivity index (χ4v) is 2.19. The predicted molar refractivity (Wildman–Crippen MR) is 66.0 cm³/mol. The fraction of sp³-hybridized carbons (Fsp3) is 0.250. The average molecular weight is 406 g/mol. The molecule has 0 bridgehead atoms. The van der Waals surface area contributed by atoms with Crippen LogP contribution < -0.4 is 4.74 Å². The first-order valence-corrected chi connectivity index (χ1v) is 6.26. The molecule has 0 unspecified atom stereocenters. The summed E-state index contributed by atoms with van der Waals surface area (Å²) in [6, 6.07) is 4.11. The summed E-state index contributed by atoms with van der Waals surface area (Å²) in [6.07, 6.45) is 0. The van der Waals surface area contributed by atoms with Crippen molar-refractivity contribution in [1.29, 1.82) is 0 Å². The van der Waals surface area contributed by atoms with Crippen LogP contribution in [0.15, 0.2) is 16.6 Å². The van der Waals surface area contributed by atoms with E-state index in [2.05, 4.69) is 60.5 Å². The molecular weight excluding hydrogens is 399 g/mol. The standard InChI is InChI=1S/C8H7Br2IO/c1-12-7-3-5(4-9)2-6(10)8(7)11/h2-3H,4H2,1H3. The van der Waals surface area contributed by atoms with Gasteiger partial charge in [-0.3, -0.25) is 0 Å². The Morgan fingerprint density at radius 3 is 2.67 bits per heavy atom. The highest BCUT2D eigenvalue weighted by Crippen LogP contribution is 2.30. The Morgan fingerprint density at radius 1 is 1.50 bits per heavy atom. The van der Waals surface area contributed by atoms with Crippen LogP contribution in [0, 0.1) is 3.57 Å². The van der Waals surface area contributed by atoms with E-state index in [0.717, 1.165) is 19.1 Å². The second kappa shape index (κ2) is 4.81. The first kappa shape index (κ1) is 10.8. The second-order valence-corrected chi connectivity index (χ2v) is 4.72. The highest BCUT2D eigenvalue weighted by molar-refractivity contribution is 14.1. The highest BCUT2D eigenvalue weighted by Gasteiger charge is 2.05. The van der Waals surface area contributed by atoms with E-state index in [0.29, 0.717) is 0 Å². The van der Waals surface area contributed by atoms with E-state index in [-0.39, 0.29) is 0 Å². The van der Waals surface area contributed by atoms with Crippen molar-refractivity contribution in [2.24, 2.45) is 0 Å². The molecule has 0 atom stereocenters. The van der Waals surface area contributed by atoms with E-state index in [1.54, 1.807) is 7.11 Å². The van der Waals surface area contributed by atoms with E-state index in [1.165, 1.54) is 5.56 Å². The number of hydrogen-bond donors (Lipinski definition) is 0. The molecule has 0 N–H and O–H groups in total. The quantitative estimate of drug-likeness (QED) is 0.534. The van der Waals surface area contributed by atoms with E-state index in [9.17, 15) is 0 Å². The van der Waals surface area contributed by atoms with Crippen LogP contribution in [-0.4, -0.2) is 7.11 Å². The molecule has 0 saturated carbocycles. The summed E-state index contributed by atoms with van der Waals surface area (Å²) in [5, 5.41) is 0.846. The SMILES string of the molecule is COc1cc(CBr)cc(Br)c1I. The van der Waals surface area contributed by atoms with Crippen LogP contribution in [0.25, 0.3) is 0 Å². The van der Waals surface area contributed by atoms with Gasteiger partial charge in [-0.05, 0) is 56.2 Å². The van der Waals surface area contributed by atoms with E-state index >= 15 is 0 Å². The third-order valence-corrected chi connectivity index (χ3v) is 4.56. The molecule has 0 radical (unpaired) electrons. The molecule has 0 heterocycles. The van der Waals surface area contributed by atoms with Crippen LogP contribution in [0.1, 0.15) is 5.56 Å².